The number of hydrogen-bond donors (Lipinski definition) is 0. The van der Waals surface area contributed by atoms with Gasteiger partial charge in [-0.15, -0.1) is 11.8 Å². The van der Waals surface area contributed by atoms with Gasteiger partial charge in [0.15, 0.2) is 15.7 Å². The van der Waals surface area contributed by atoms with Crippen LogP contribution in [0.25, 0.3) is 33.7 Å². The van der Waals surface area contributed by atoms with E-state index in [4.69, 9.17) is 0 Å². The molecule has 0 aliphatic heterocycles. The van der Waals surface area contributed by atoms with Crippen LogP contribution in [0.5, 0.6) is 0 Å². The van der Waals surface area contributed by atoms with E-state index in [0.717, 1.165) is 22.7 Å². The molecule has 0 bridgehead atoms. The minimum atomic E-state index is -4.62. The molecule has 1 aromatic carbocycles. The van der Waals surface area contributed by atoms with E-state index in [0.29, 0.717) is 11.1 Å². The zero-order valence-electron chi connectivity index (χ0n) is 17.9. The molecule has 0 atom stereocenters. The minimum absolute atomic E-state index is 0.0283. The standard InChI is InChI=1S/C22H19F3N4O2S2/c1-4-33(30,31)18-9-14(13-6-5-7-15(8-13)32-3)11-27-20(18)21-28-16-10-19(22(23,24)25)26-12-17(16)29(21)2/h5-12H,4H2,1-3H3. The van der Waals surface area contributed by atoms with Gasteiger partial charge in [0.2, 0.25) is 0 Å². The molecule has 0 saturated carbocycles. The number of alkyl halides is 3. The number of thioether (sulfide) groups is 1. The Morgan fingerprint density at radius 2 is 1.82 bits per heavy atom. The number of rotatable bonds is 5. The first-order valence-corrected chi connectivity index (χ1v) is 12.7. The van der Waals surface area contributed by atoms with E-state index in [-0.39, 0.29) is 27.7 Å². The Kier molecular flexibility index (Phi) is 5.95. The minimum Gasteiger partial charge on any atom is -0.324 e. The van der Waals surface area contributed by atoms with Crippen molar-refractivity contribution < 1.29 is 21.6 Å². The maximum atomic E-state index is 13.1. The highest BCUT2D eigenvalue weighted by molar-refractivity contribution is 7.98. The third kappa shape index (κ3) is 4.34. The smallest absolute Gasteiger partial charge is 0.324 e. The summed E-state index contributed by atoms with van der Waals surface area (Å²) in [7, 11) is -2.14. The van der Waals surface area contributed by atoms with E-state index in [2.05, 4.69) is 15.0 Å². The number of sulfone groups is 1. The quantitative estimate of drug-likeness (QED) is 0.355. The molecule has 0 radical (unpaired) electrons. The highest BCUT2D eigenvalue weighted by atomic mass is 32.2. The molecule has 3 aromatic heterocycles. The maximum Gasteiger partial charge on any atom is 0.433 e. The second-order valence-corrected chi connectivity index (χ2v) is 10.4. The topological polar surface area (TPSA) is 77.7 Å². The van der Waals surface area contributed by atoms with Gasteiger partial charge >= 0.3 is 6.18 Å². The highest BCUT2D eigenvalue weighted by Crippen LogP contribution is 2.34. The molecular formula is C22H19F3N4O2S2. The van der Waals surface area contributed by atoms with Crippen molar-refractivity contribution in [3.8, 4) is 22.6 Å². The second-order valence-electron chi connectivity index (χ2n) is 7.26. The van der Waals surface area contributed by atoms with Crippen LogP contribution in [0.4, 0.5) is 13.2 Å². The monoisotopic (exact) mass is 492 g/mol. The van der Waals surface area contributed by atoms with Gasteiger partial charge in [-0.05, 0) is 36.1 Å². The summed E-state index contributed by atoms with van der Waals surface area (Å²) in [6.45, 7) is 1.52. The molecule has 0 saturated heterocycles. The van der Waals surface area contributed by atoms with E-state index in [9.17, 15) is 21.6 Å². The predicted octanol–water partition coefficient (Wildman–Crippen LogP) is 5.23. The molecule has 3 heterocycles. The number of hydrogen-bond acceptors (Lipinski definition) is 6. The average molecular weight is 493 g/mol. The lowest BCUT2D eigenvalue weighted by atomic mass is 10.1. The number of aromatic nitrogens is 4. The Labute approximate surface area is 192 Å². The van der Waals surface area contributed by atoms with Crippen LogP contribution >= 0.6 is 11.8 Å². The van der Waals surface area contributed by atoms with Gasteiger partial charge in [-0.2, -0.15) is 13.2 Å². The van der Waals surface area contributed by atoms with Gasteiger partial charge in [0.05, 0.1) is 27.9 Å². The third-order valence-electron chi connectivity index (χ3n) is 5.24. The summed E-state index contributed by atoms with van der Waals surface area (Å²) in [6.07, 6.45) is -0.0564. The van der Waals surface area contributed by atoms with Gasteiger partial charge < -0.3 is 4.57 Å². The number of benzene rings is 1. The molecule has 0 N–H and O–H groups in total. The maximum absolute atomic E-state index is 13.1. The molecule has 0 spiro atoms. The average Bonchev–Trinajstić information content (AvgIpc) is 3.14. The molecule has 33 heavy (non-hydrogen) atoms. The third-order valence-corrected chi connectivity index (χ3v) is 7.71. The fourth-order valence-electron chi connectivity index (χ4n) is 3.42. The first-order chi connectivity index (χ1) is 15.5. The molecule has 11 heteroatoms. The van der Waals surface area contributed by atoms with Crippen molar-refractivity contribution in [3.63, 3.8) is 0 Å². The van der Waals surface area contributed by atoms with Crippen molar-refractivity contribution in [3.05, 3.63) is 54.5 Å². The summed E-state index contributed by atoms with van der Waals surface area (Å²) in [5.41, 5.74) is 0.801. The normalized spacial score (nSPS) is 12.4. The molecular weight excluding hydrogens is 473 g/mol. The summed E-state index contributed by atoms with van der Waals surface area (Å²) in [5.74, 6) is -0.0257. The molecule has 0 amide bonds. The highest BCUT2D eigenvalue weighted by Gasteiger charge is 2.33. The number of halogens is 3. The van der Waals surface area contributed by atoms with E-state index < -0.39 is 21.7 Å². The van der Waals surface area contributed by atoms with Crippen LogP contribution in [-0.2, 0) is 23.1 Å². The molecule has 0 aliphatic rings. The molecule has 0 fully saturated rings. The summed E-state index contributed by atoms with van der Waals surface area (Å²) in [4.78, 5) is 13.2. The second kappa shape index (κ2) is 8.45. The lowest BCUT2D eigenvalue weighted by Crippen LogP contribution is -2.09. The van der Waals surface area contributed by atoms with Gasteiger partial charge in [0.25, 0.3) is 0 Å². The zero-order chi connectivity index (χ0) is 24.0. The van der Waals surface area contributed by atoms with Crippen molar-refractivity contribution in [1.29, 1.82) is 0 Å². The van der Waals surface area contributed by atoms with Crippen LogP contribution in [0, 0.1) is 0 Å². The van der Waals surface area contributed by atoms with Gasteiger partial charge in [0, 0.05) is 23.7 Å². The van der Waals surface area contributed by atoms with Crippen LogP contribution < -0.4 is 0 Å². The van der Waals surface area contributed by atoms with Crippen LogP contribution in [0.3, 0.4) is 0 Å². The van der Waals surface area contributed by atoms with E-state index in [1.165, 1.54) is 11.5 Å². The first-order valence-electron chi connectivity index (χ1n) is 9.82. The summed E-state index contributed by atoms with van der Waals surface area (Å²) in [6, 6.07) is 10.00. The number of aryl methyl sites for hydroxylation is 1. The lowest BCUT2D eigenvalue weighted by molar-refractivity contribution is -0.141. The van der Waals surface area contributed by atoms with E-state index in [1.54, 1.807) is 31.1 Å². The van der Waals surface area contributed by atoms with Crippen molar-refractivity contribution in [2.75, 3.05) is 12.0 Å². The fraction of sp³-hybridized carbons (Fsp3) is 0.227. The largest absolute Gasteiger partial charge is 0.433 e. The number of pyridine rings is 2. The Bertz CT molecular complexity index is 1460. The van der Waals surface area contributed by atoms with Crippen LogP contribution in [0.2, 0.25) is 0 Å². The SMILES string of the molecule is CCS(=O)(=O)c1cc(-c2cccc(SC)c2)cnc1-c1nc2cc(C(F)(F)F)ncc2n1C. The van der Waals surface area contributed by atoms with E-state index >= 15 is 0 Å². The molecule has 0 aliphatic carbocycles. The van der Waals surface area contributed by atoms with E-state index in [1.807, 2.05) is 30.5 Å². The Morgan fingerprint density at radius 1 is 1.06 bits per heavy atom. The fourth-order valence-corrected chi connectivity index (χ4v) is 4.94. The van der Waals surface area contributed by atoms with Crippen LogP contribution in [-0.4, -0.2) is 39.9 Å². The number of nitrogens with zero attached hydrogens (tertiary/aromatic N) is 4. The Morgan fingerprint density at radius 3 is 2.48 bits per heavy atom. The molecule has 172 valence electrons. The lowest BCUT2D eigenvalue weighted by Gasteiger charge is -2.12. The van der Waals surface area contributed by atoms with Crippen molar-refractivity contribution in [2.45, 2.75) is 22.9 Å². The van der Waals surface area contributed by atoms with Gasteiger partial charge in [0.1, 0.15) is 11.4 Å². The first kappa shape index (κ1) is 23.2. The van der Waals surface area contributed by atoms with Gasteiger partial charge in [-0.25, -0.2) is 18.4 Å². The number of fused-ring (bicyclic) bond motifs is 1. The summed E-state index contributed by atoms with van der Waals surface area (Å²) < 4.78 is 66.7. The number of imidazole rings is 1. The molecule has 0 unspecified atom stereocenters. The van der Waals surface area contributed by atoms with Gasteiger partial charge in [-0.3, -0.25) is 4.98 Å². The molecule has 4 rings (SSSR count). The molecule has 4 aromatic rings. The molecule has 6 nitrogen and oxygen atoms in total. The zero-order valence-corrected chi connectivity index (χ0v) is 19.5. The van der Waals surface area contributed by atoms with Crippen molar-refractivity contribution in [1.82, 2.24) is 19.5 Å². The van der Waals surface area contributed by atoms with Crippen molar-refractivity contribution in [2.24, 2.45) is 7.05 Å². The Balaban J connectivity index is 1.93. The predicted molar refractivity (Wildman–Crippen MR) is 122 cm³/mol. The van der Waals surface area contributed by atoms with Crippen LogP contribution in [0.1, 0.15) is 12.6 Å². The Hall–Kier alpha value is -2.92. The van der Waals surface area contributed by atoms with Crippen molar-refractivity contribution >= 4 is 32.6 Å². The summed E-state index contributed by atoms with van der Waals surface area (Å²) in [5, 5.41) is 0. The van der Waals surface area contributed by atoms with Gasteiger partial charge in [-0.1, -0.05) is 19.1 Å². The summed E-state index contributed by atoms with van der Waals surface area (Å²) >= 11 is 1.56. The van der Waals surface area contributed by atoms with Crippen LogP contribution in [0.15, 0.2) is 58.6 Å².